The van der Waals surface area contributed by atoms with Crippen LogP contribution in [0.15, 0.2) is 41.3 Å². The van der Waals surface area contributed by atoms with Gasteiger partial charge in [-0.05, 0) is 80.0 Å². The average molecular weight is 529 g/mol. The van der Waals surface area contributed by atoms with Crippen molar-refractivity contribution in [2.75, 3.05) is 24.5 Å². The molecule has 1 aliphatic carbocycles. The van der Waals surface area contributed by atoms with Gasteiger partial charge in [0, 0.05) is 37.4 Å². The van der Waals surface area contributed by atoms with Crippen LogP contribution < -0.4 is 15.9 Å². The molecule has 202 valence electrons. The van der Waals surface area contributed by atoms with E-state index >= 15 is 0 Å². The highest BCUT2D eigenvalue weighted by atomic mass is 19.1. The maximum absolute atomic E-state index is 14.4. The lowest BCUT2D eigenvalue weighted by molar-refractivity contribution is 0.475. The van der Waals surface area contributed by atoms with E-state index in [0.717, 1.165) is 48.1 Å². The molecule has 8 nitrogen and oxygen atoms in total. The molecule has 1 saturated heterocycles. The summed E-state index contributed by atoms with van der Waals surface area (Å²) in [4.78, 5) is 30.5. The summed E-state index contributed by atoms with van der Waals surface area (Å²) >= 11 is 0. The van der Waals surface area contributed by atoms with Crippen LogP contribution in [0, 0.1) is 12.7 Å². The number of aromatic hydroxyl groups is 1. The van der Waals surface area contributed by atoms with E-state index in [1.165, 1.54) is 18.2 Å². The van der Waals surface area contributed by atoms with Crippen molar-refractivity contribution in [1.82, 2.24) is 24.8 Å². The Hall–Kier alpha value is -3.85. The highest BCUT2D eigenvalue weighted by Gasteiger charge is 2.32. The first-order chi connectivity index (χ1) is 18.7. The van der Waals surface area contributed by atoms with Crippen LogP contribution in [0.4, 0.5) is 10.2 Å². The molecule has 3 aromatic heterocycles. The third-order valence-electron chi connectivity index (χ3n) is 7.81. The minimum absolute atomic E-state index is 0.0483. The molecule has 9 heteroatoms. The highest BCUT2D eigenvalue weighted by molar-refractivity contribution is 5.92. The van der Waals surface area contributed by atoms with E-state index in [1.54, 1.807) is 10.8 Å². The summed E-state index contributed by atoms with van der Waals surface area (Å²) in [6.07, 6.45) is 3.73. The fourth-order valence-electron chi connectivity index (χ4n) is 5.63. The summed E-state index contributed by atoms with van der Waals surface area (Å²) < 4.78 is 16.0. The van der Waals surface area contributed by atoms with Gasteiger partial charge in [-0.1, -0.05) is 13.8 Å². The minimum Gasteiger partial charge on any atom is -0.507 e. The van der Waals surface area contributed by atoms with E-state index < -0.39 is 11.5 Å². The Morgan fingerprint density at radius 3 is 2.67 bits per heavy atom. The van der Waals surface area contributed by atoms with Crippen LogP contribution in [0.1, 0.15) is 62.3 Å². The van der Waals surface area contributed by atoms with Crippen LogP contribution in [0.3, 0.4) is 0 Å². The number of piperazine rings is 1. The van der Waals surface area contributed by atoms with Gasteiger partial charge in [0.15, 0.2) is 5.65 Å². The van der Waals surface area contributed by atoms with Crippen LogP contribution in [0.5, 0.6) is 5.75 Å². The van der Waals surface area contributed by atoms with Crippen LogP contribution in [-0.4, -0.2) is 50.3 Å². The Kier molecular flexibility index (Phi) is 6.33. The summed E-state index contributed by atoms with van der Waals surface area (Å²) in [5.74, 6) is 0.396. The lowest BCUT2D eigenvalue weighted by atomic mass is 9.99. The number of hydrogen-bond acceptors (Lipinski definition) is 7. The van der Waals surface area contributed by atoms with E-state index in [-0.39, 0.29) is 23.6 Å². The Bertz CT molecular complexity index is 1650. The van der Waals surface area contributed by atoms with Crippen molar-refractivity contribution in [3.63, 3.8) is 0 Å². The SMILES string of the molecule is Cc1ccnc(C(C)C)c1-n1c(=O)nc(N2CCNC[C@@H]2C)c2cc(C3CC3)c(-c3cc(F)ccc3O)nc21. The van der Waals surface area contributed by atoms with E-state index in [0.29, 0.717) is 35.0 Å². The van der Waals surface area contributed by atoms with Crippen LogP contribution in [-0.2, 0) is 0 Å². The molecular formula is C30H33FN6O2. The minimum atomic E-state index is -0.459. The van der Waals surface area contributed by atoms with Crippen molar-refractivity contribution in [3.05, 3.63) is 69.7 Å². The number of aryl methyl sites for hydroxylation is 1. The quantitative estimate of drug-likeness (QED) is 0.384. The third kappa shape index (κ3) is 4.44. The van der Waals surface area contributed by atoms with Crippen molar-refractivity contribution < 1.29 is 9.50 Å². The molecular weight excluding hydrogens is 495 g/mol. The van der Waals surface area contributed by atoms with Crippen molar-refractivity contribution in [2.45, 2.75) is 58.4 Å². The Morgan fingerprint density at radius 1 is 1.15 bits per heavy atom. The number of halogens is 1. The first kappa shape index (κ1) is 25.4. The molecule has 2 aliphatic rings. The second-order valence-corrected chi connectivity index (χ2v) is 11.0. The molecule has 2 fully saturated rings. The molecule has 0 spiro atoms. The predicted molar refractivity (Wildman–Crippen MR) is 150 cm³/mol. The highest BCUT2D eigenvalue weighted by Crippen LogP contribution is 2.47. The Morgan fingerprint density at radius 2 is 1.95 bits per heavy atom. The van der Waals surface area contributed by atoms with Gasteiger partial charge in [-0.25, -0.2) is 18.7 Å². The van der Waals surface area contributed by atoms with Gasteiger partial charge in [-0.3, -0.25) is 4.98 Å². The summed E-state index contributed by atoms with van der Waals surface area (Å²) in [5, 5.41) is 14.9. The van der Waals surface area contributed by atoms with Crippen LogP contribution in [0.2, 0.25) is 0 Å². The smallest absolute Gasteiger partial charge is 0.355 e. The number of fused-ring (bicyclic) bond motifs is 1. The number of benzene rings is 1. The molecule has 1 aliphatic heterocycles. The Labute approximate surface area is 226 Å². The van der Waals surface area contributed by atoms with Gasteiger partial charge in [0.25, 0.3) is 0 Å². The number of aromatic nitrogens is 4. The monoisotopic (exact) mass is 528 g/mol. The number of pyridine rings is 2. The van der Waals surface area contributed by atoms with Gasteiger partial charge in [-0.15, -0.1) is 0 Å². The normalized spacial score (nSPS) is 17.8. The fraction of sp³-hybridized carbons (Fsp3) is 0.400. The number of rotatable bonds is 5. The fourth-order valence-corrected chi connectivity index (χ4v) is 5.63. The number of anilines is 1. The molecule has 4 heterocycles. The van der Waals surface area contributed by atoms with Crippen LogP contribution >= 0.6 is 0 Å². The molecule has 2 N–H and O–H groups in total. The molecule has 1 atom stereocenters. The average Bonchev–Trinajstić information content (AvgIpc) is 3.75. The lowest BCUT2D eigenvalue weighted by Crippen LogP contribution is -2.50. The first-order valence-electron chi connectivity index (χ1n) is 13.6. The van der Waals surface area contributed by atoms with Gasteiger partial charge in [0.05, 0.1) is 22.5 Å². The van der Waals surface area contributed by atoms with E-state index in [1.807, 2.05) is 26.8 Å². The summed E-state index contributed by atoms with van der Waals surface area (Å²) in [6.45, 7) is 10.4. The molecule has 1 saturated carbocycles. The molecule has 1 aromatic carbocycles. The van der Waals surface area contributed by atoms with Gasteiger partial charge >= 0.3 is 5.69 Å². The molecule has 0 unspecified atom stereocenters. The molecule has 4 aromatic rings. The standard InChI is InChI=1S/C30H33FN6O2/c1-16(2)25-27(17(3)9-10-33-25)37-29-23(28(35-30(37)39)36-12-11-32-15-18(36)4)14-21(19-5-6-19)26(34-29)22-13-20(31)7-8-24(22)38/h7-10,13-14,16,18-19,32,38H,5-6,11-12,15H2,1-4H3/t18-/m0/s1. The second-order valence-electron chi connectivity index (χ2n) is 11.0. The third-order valence-corrected chi connectivity index (χ3v) is 7.81. The maximum atomic E-state index is 14.4. The van der Waals surface area contributed by atoms with E-state index in [9.17, 15) is 14.3 Å². The van der Waals surface area contributed by atoms with Crippen molar-refractivity contribution in [1.29, 1.82) is 0 Å². The van der Waals surface area contributed by atoms with Crippen molar-refractivity contribution >= 4 is 16.9 Å². The number of phenols is 1. The largest absolute Gasteiger partial charge is 0.507 e. The zero-order chi connectivity index (χ0) is 27.4. The molecule has 0 bridgehead atoms. The number of phenolic OH excluding ortho intramolecular Hbond substituents is 1. The zero-order valence-electron chi connectivity index (χ0n) is 22.7. The van der Waals surface area contributed by atoms with Gasteiger partial charge in [-0.2, -0.15) is 4.98 Å². The molecule has 39 heavy (non-hydrogen) atoms. The summed E-state index contributed by atoms with van der Waals surface area (Å²) in [7, 11) is 0. The predicted octanol–water partition coefficient (Wildman–Crippen LogP) is 4.79. The van der Waals surface area contributed by atoms with E-state index in [2.05, 4.69) is 33.2 Å². The zero-order valence-corrected chi connectivity index (χ0v) is 22.7. The first-order valence-corrected chi connectivity index (χ1v) is 13.6. The van der Waals surface area contributed by atoms with Gasteiger partial charge in [0.2, 0.25) is 0 Å². The molecule has 0 amide bonds. The number of hydrogen-bond donors (Lipinski definition) is 2. The summed E-state index contributed by atoms with van der Waals surface area (Å²) in [5.41, 5.74) is 4.05. The van der Waals surface area contributed by atoms with Gasteiger partial charge < -0.3 is 15.3 Å². The van der Waals surface area contributed by atoms with Crippen LogP contribution in [0.25, 0.3) is 28.0 Å². The second kappa shape index (κ2) is 9.72. The maximum Gasteiger partial charge on any atom is 0.355 e. The van der Waals surface area contributed by atoms with Crippen molar-refractivity contribution in [2.24, 2.45) is 0 Å². The molecule has 6 rings (SSSR count). The summed E-state index contributed by atoms with van der Waals surface area (Å²) in [6, 6.07) is 7.97. The molecule has 0 radical (unpaired) electrons. The number of nitrogens with one attached hydrogen (secondary N) is 1. The van der Waals surface area contributed by atoms with Gasteiger partial charge in [0.1, 0.15) is 17.4 Å². The van der Waals surface area contributed by atoms with E-state index in [4.69, 9.17) is 4.98 Å². The topological polar surface area (TPSA) is 96.2 Å². The lowest BCUT2D eigenvalue weighted by Gasteiger charge is -2.35. The van der Waals surface area contributed by atoms with Crippen molar-refractivity contribution in [3.8, 4) is 22.7 Å². The number of nitrogens with zero attached hydrogens (tertiary/aromatic N) is 5. The Balaban J connectivity index is 1.75.